The molecule has 0 atom stereocenters. The lowest BCUT2D eigenvalue weighted by Gasteiger charge is -2.37. The number of ether oxygens (including phenoxy) is 2. The Hall–Kier alpha value is -3.79. The number of hydrogen-bond donors (Lipinski definition) is 0. The number of pyridine rings is 2. The second-order valence-electron chi connectivity index (χ2n) is 9.15. The highest BCUT2D eigenvalue weighted by atomic mass is 32.4. The van der Waals surface area contributed by atoms with Crippen molar-refractivity contribution in [3.05, 3.63) is 103 Å². The van der Waals surface area contributed by atoms with Gasteiger partial charge in [-0.25, -0.2) is 0 Å². The molecule has 6 heteroatoms. The van der Waals surface area contributed by atoms with Crippen LogP contribution in [0.15, 0.2) is 91.3 Å². The summed E-state index contributed by atoms with van der Waals surface area (Å²) in [5, 5.41) is 3.12. The second-order valence-corrected chi connectivity index (χ2v) is 13.4. The van der Waals surface area contributed by atoms with Crippen molar-refractivity contribution in [1.82, 2.24) is 9.97 Å². The molecule has 2 aliphatic heterocycles. The van der Waals surface area contributed by atoms with Crippen LogP contribution in [-0.2, 0) is 11.8 Å². The first-order valence-corrected chi connectivity index (χ1v) is 14.6. The Bertz CT molecular complexity index is 1640. The number of aromatic nitrogens is 2. The van der Waals surface area contributed by atoms with Gasteiger partial charge in [-0.15, -0.1) is 0 Å². The minimum absolute atomic E-state index is 0.783. The second kappa shape index (κ2) is 7.86. The van der Waals surface area contributed by atoms with Gasteiger partial charge in [0.15, 0.2) is 0 Å². The Balaban J connectivity index is 1.43. The molecule has 0 unspecified atom stereocenters. The maximum absolute atomic E-state index is 6.65. The quantitative estimate of drug-likeness (QED) is 0.255. The fourth-order valence-corrected chi connectivity index (χ4v) is 9.56. The first-order chi connectivity index (χ1) is 17.5. The number of fused-ring (bicyclic) bond motifs is 4. The summed E-state index contributed by atoms with van der Waals surface area (Å²) in [6.07, 6.45) is 3.68. The van der Waals surface area contributed by atoms with Crippen LogP contribution in [0.3, 0.4) is 0 Å². The molecule has 0 N–H and O–H groups in total. The molecule has 0 spiro atoms. The van der Waals surface area contributed by atoms with E-state index in [1.165, 1.54) is 0 Å². The van der Waals surface area contributed by atoms with E-state index >= 15 is 0 Å². The number of nitrogens with zero attached hydrogens (tertiary/aromatic N) is 2. The van der Waals surface area contributed by atoms with Crippen molar-refractivity contribution in [1.29, 1.82) is 0 Å². The van der Waals surface area contributed by atoms with Gasteiger partial charge in [-0.05, 0) is 96.8 Å². The van der Waals surface area contributed by atoms with Gasteiger partial charge < -0.3 is 9.47 Å². The van der Waals surface area contributed by atoms with Crippen LogP contribution < -0.4 is 25.4 Å². The van der Waals surface area contributed by atoms with E-state index in [2.05, 4.69) is 58.5 Å². The highest BCUT2D eigenvalue weighted by Gasteiger charge is 2.42. The molecule has 0 amide bonds. The highest BCUT2D eigenvalue weighted by Crippen LogP contribution is 2.59. The monoisotopic (exact) mass is 504 g/mol. The molecule has 0 bridgehead atoms. The Labute approximate surface area is 214 Å². The first-order valence-electron chi connectivity index (χ1n) is 11.8. The van der Waals surface area contributed by atoms with Crippen molar-refractivity contribution in [2.24, 2.45) is 0 Å². The van der Waals surface area contributed by atoms with Gasteiger partial charge in [0.25, 0.3) is 0 Å². The molecule has 7 rings (SSSR count). The summed E-state index contributed by atoms with van der Waals surface area (Å²) in [7, 11) is 0. The van der Waals surface area contributed by atoms with E-state index in [4.69, 9.17) is 21.3 Å². The van der Waals surface area contributed by atoms with E-state index in [1.54, 1.807) is 0 Å². The third-order valence-corrected chi connectivity index (χ3v) is 11.7. The molecule has 0 aliphatic carbocycles. The van der Waals surface area contributed by atoms with Gasteiger partial charge >= 0.3 is 0 Å². The van der Waals surface area contributed by atoms with Gasteiger partial charge in [0.05, 0.1) is 11.3 Å². The lowest BCUT2D eigenvalue weighted by molar-refractivity contribution is 0.466. The largest absolute Gasteiger partial charge is 0.456 e. The van der Waals surface area contributed by atoms with Crippen molar-refractivity contribution in [2.45, 2.75) is 13.8 Å². The SMILES string of the molecule is Cc1cc(-c2ccc3c(c2)Oc2cccc4c2P3(=S)c2ccc(-c3ccnc(C)c3)cc2O4)ccn1. The predicted octanol–water partition coefficient (Wildman–Crippen LogP) is 6.39. The molecule has 174 valence electrons. The van der Waals surface area contributed by atoms with Crippen LogP contribution in [-0.4, -0.2) is 9.97 Å². The van der Waals surface area contributed by atoms with Gasteiger partial charge in [0.2, 0.25) is 0 Å². The Morgan fingerprint density at radius 2 is 1.06 bits per heavy atom. The smallest absolute Gasteiger partial charge is 0.140 e. The van der Waals surface area contributed by atoms with E-state index in [1.807, 2.05) is 56.6 Å². The van der Waals surface area contributed by atoms with E-state index in [0.717, 1.165) is 72.6 Å². The normalized spacial score (nSPS) is 14.1. The van der Waals surface area contributed by atoms with E-state index in [-0.39, 0.29) is 0 Å². The summed E-state index contributed by atoms with van der Waals surface area (Å²) < 4.78 is 12.9. The van der Waals surface area contributed by atoms with Crippen LogP contribution in [0.5, 0.6) is 23.0 Å². The van der Waals surface area contributed by atoms with Crippen LogP contribution >= 0.6 is 6.04 Å². The molecule has 0 fully saturated rings. The zero-order valence-electron chi connectivity index (χ0n) is 19.7. The van der Waals surface area contributed by atoms with Crippen molar-refractivity contribution in [3.8, 4) is 45.3 Å². The molecule has 4 heterocycles. The van der Waals surface area contributed by atoms with Gasteiger partial charge in [0, 0.05) is 34.4 Å². The maximum atomic E-state index is 6.65. The average molecular weight is 505 g/mol. The zero-order chi connectivity index (χ0) is 24.4. The Morgan fingerprint density at radius 3 is 1.53 bits per heavy atom. The summed E-state index contributed by atoms with van der Waals surface area (Å²) in [5.41, 5.74) is 6.33. The van der Waals surface area contributed by atoms with Gasteiger partial charge in [-0.2, -0.15) is 0 Å². The van der Waals surface area contributed by atoms with Crippen LogP contribution in [0.25, 0.3) is 22.3 Å². The first kappa shape index (κ1) is 21.5. The number of rotatable bonds is 2. The molecule has 0 saturated carbocycles. The number of benzene rings is 3. The maximum Gasteiger partial charge on any atom is 0.140 e. The van der Waals surface area contributed by atoms with E-state index < -0.39 is 6.04 Å². The van der Waals surface area contributed by atoms with E-state index in [0.29, 0.717) is 0 Å². The molecule has 3 aromatic carbocycles. The standard InChI is InChI=1S/C30H21N2O2PS/c1-18-14-22(10-12-31-18)20-6-8-28-26(16-20)33-24-4-3-5-25-30(24)35(28,36)29-9-7-21(17-27(29)34-25)23-11-13-32-19(2)15-23/h3-17H,1-2H3. The highest BCUT2D eigenvalue weighted by molar-refractivity contribution is 8.26. The number of hydrogen-bond acceptors (Lipinski definition) is 5. The van der Waals surface area contributed by atoms with Crippen molar-refractivity contribution in [3.63, 3.8) is 0 Å². The van der Waals surface area contributed by atoms with Gasteiger partial charge in [-0.1, -0.05) is 30.0 Å². The molecule has 2 aromatic heterocycles. The lowest BCUT2D eigenvalue weighted by atomic mass is 10.1. The molecular formula is C30H21N2O2PS. The van der Waals surface area contributed by atoms with Crippen LogP contribution in [0.1, 0.15) is 11.4 Å². The average Bonchev–Trinajstić information content (AvgIpc) is 2.88. The van der Waals surface area contributed by atoms with Gasteiger partial charge in [0.1, 0.15) is 23.0 Å². The third-order valence-electron chi connectivity index (χ3n) is 6.77. The molecular weight excluding hydrogens is 483 g/mol. The summed E-state index contributed by atoms with van der Waals surface area (Å²) in [4.78, 5) is 8.67. The molecule has 0 saturated heterocycles. The molecule has 2 aliphatic rings. The summed E-state index contributed by atoms with van der Waals surface area (Å²) in [6, 6.07) is 24.6. The minimum atomic E-state index is -2.40. The lowest BCUT2D eigenvalue weighted by Crippen LogP contribution is -2.34. The summed E-state index contributed by atoms with van der Waals surface area (Å²) >= 11 is 6.65. The van der Waals surface area contributed by atoms with Crippen LogP contribution in [0, 0.1) is 13.8 Å². The molecule has 4 nitrogen and oxygen atoms in total. The zero-order valence-corrected chi connectivity index (χ0v) is 21.4. The van der Waals surface area contributed by atoms with E-state index in [9.17, 15) is 0 Å². The van der Waals surface area contributed by atoms with Crippen molar-refractivity contribution >= 4 is 33.8 Å². The van der Waals surface area contributed by atoms with Crippen molar-refractivity contribution in [2.75, 3.05) is 0 Å². The number of aryl methyl sites for hydroxylation is 2. The summed E-state index contributed by atoms with van der Waals surface area (Å²) in [6.45, 7) is 4.00. The van der Waals surface area contributed by atoms with Crippen LogP contribution in [0.4, 0.5) is 0 Å². The Morgan fingerprint density at radius 1 is 0.583 bits per heavy atom. The topological polar surface area (TPSA) is 44.2 Å². The predicted molar refractivity (Wildman–Crippen MR) is 149 cm³/mol. The third kappa shape index (κ3) is 3.17. The fourth-order valence-electron chi connectivity index (χ4n) is 5.11. The van der Waals surface area contributed by atoms with Crippen molar-refractivity contribution < 1.29 is 9.47 Å². The summed E-state index contributed by atoms with van der Waals surface area (Å²) in [5.74, 6) is 3.20. The molecule has 36 heavy (non-hydrogen) atoms. The molecule has 5 aromatic rings. The van der Waals surface area contributed by atoms with Gasteiger partial charge in [-0.3, -0.25) is 9.97 Å². The van der Waals surface area contributed by atoms with Crippen LogP contribution in [0.2, 0.25) is 0 Å². The Kier molecular flexibility index (Phi) is 4.69. The molecule has 0 radical (unpaired) electrons. The minimum Gasteiger partial charge on any atom is -0.456 e. The fraction of sp³-hybridized carbons (Fsp3) is 0.0667.